The molecule has 3 heteroatoms. The van der Waals surface area contributed by atoms with Crippen molar-refractivity contribution in [3.63, 3.8) is 0 Å². The van der Waals surface area contributed by atoms with Gasteiger partial charge in [-0.2, -0.15) is 0 Å². The number of hydrogen-bond acceptors (Lipinski definition) is 2. The third-order valence-corrected chi connectivity index (χ3v) is 5.46. The summed E-state index contributed by atoms with van der Waals surface area (Å²) in [6.45, 7) is 5.21. The van der Waals surface area contributed by atoms with E-state index in [2.05, 4.69) is 49.4 Å². The van der Waals surface area contributed by atoms with Gasteiger partial charge in [-0.1, -0.05) is 42.5 Å². The molecule has 0 bridgehead atoms. The zero-order valence-corrected chi connectivity index (χ0v) is 16.1. The van der Waals surface area contributed by atoms with Gasteiger partial charge in [-0.3, -0.25) is 0 Å². The highest BCUT2D eigenvalue weighted by molar-refractivity contribution is 5.67. The van der Waals surface area contributed by atoms with Gasteiger partial charge in [0.1, 0.15) is 0 Å². The van der Waals surface area contributed by atoms with Crippen LogP contribution in [0.15, 0.2) is 42.5 Å². The monoisotopic (exact) mass is 351 g/mol. The molecule has 0 heterocycles. The molecule has 1 amide bonds. The minimum atomic E-state index is -0.231. The number of nitrogens with zero attached hydrogens (tertiary/aromatic N) is 1. The van der Waals surface area contributed by atoms with E-state index in [1.165, 1.54) is 27.8 Å². The summed E-state index contributed by atoms with van der Waals surface area (Å²) in [6.07, 6.45) is 3.98. The molecule has 0 saturated carbocycles. The predicted molar refractivity (Wildman–Crippen MR) is 106 cm³/mol. The average molecular weight is 351 g/mol. The van der Waals surface area contributed by atoms with E-state index in [1.807, 2.05) is 14.0 Å². The highest BCUT2D eigenvalue weighted by atomic mass is 16.5. The van der Waals surface area contributed by atoms with Crippen molar-refractivity contribution < 1.29 is 9.53 Å². The number of carbonyl (C=O) groups is 1. The Kier molecular flexibility index (Phi) is 5.97. The maximum atomic E-state index is 11.8. The third-order valence-electron chi connectivity index (χ3n) is 5.46. The van der Waals surface area contributed by atoms with Crippen molar-refractivity contribution in [3.8, 4) is 0 Å². The van der Waals surface area contributed by atoms with E-state index in [-0.39, 0.29) is 6.09 Å². The minimum absolute atomic E-state index is 0.231. The Morgan fingerprint density at radius 3 is 2.69 bits per heavy atom. The second-order valence-corrected chi connectivity index (χ2v) is 7.16. The lowest BCUT2D eigenvalue weighted by Gasteiger charge is -2.23. The second kappa shape index (κ2) is 8.39. The average Bonchev–Trinajstić information content (AvgIpc) is 2.80. The number of carbonyl (C=O) groups excluding carboxylic acids is 1. The van der Waals surface area contributed by atoms with Gasteiger partial charge in [0.05, 0.1) is 6.61 Å². The van der Waals surface area contributed by atoms with Gasteiger partial charge >= 0.3 is 6.09 Å². The summed E-state index contributed by atoms with van der Waals surface area (Å²) in [5, 5.41) is 0. The van der Waals surface area contributed by atoms with Crippen molar-refractivity contribution in [1.29, 1.82) is 0 Å². The highest BCUT2D eigenvalue weighted by Crippen LogP contribution is 2.38. The van der Waals surface area contributed by atoms with Gasteiger partial charge in [0, 0.05) is 19.5 Å². The molecular weight excluding hydrogens is 322 g/mol. The normalized spacial score (nSPS) is 15.6. The fraction of sp³-hybridized carbons (Fsp3) is 0.435. The first-order valence-electron chi connectivity index (χ1n) is 9.66. The Bertz CT molecular complexity index is 769. The van der Waals surface area contributed by atoms with Gasteiger partial charge in [0.2, 0.25) is 0 Å². The predicted octanol–water partition coefficient (Wildman–Crippen LogP) is 5.09. The Morgan fingerprint density at radius 2 is 1.88 bits per heavy atom. The Labute approximate surface area is 157 Å². The molecule has 2 aromatic rings. The van der Waals surface area contributed by atoms with Crippen molar-refractivity contribution in [3.05, 3.63) is 70.3 Å². The molecule has 138 valence electrons. The van der Waals surface area contributed by atoms with Gasteiger partial charge in [0.25, 0.3) is 0 Å². The lowest BCUT2D eigenvalue weighted by Crippen LogP contribution is -2.28. The Morgan fingerprint density at radius 1 is 1.12 bits per heavy atom. The topological polar surface area (TPSA) is 29.5 Å². The number of benzene rings is 2. The zero-order valence-electron chi connectivity index (χ0n) is 16.1. The molecule has 1 atom stereocenters. The first-order chi connectivity index (χ1) is 12.6. The summed E-state index contributed by atoms with van der Waals surface area (Å²) in [4.78, 5) is 13.5. The van der Waals surface area contributed by atoms with Gasteiger partial charge in [0.15, 0.2) is 0 Å². The summed E-state index contributed by atoms with van der Waals surface area (Å²) in [6, 6.07) is 15.6. The molecule has 1 unspecified atom stereocenters. The fourth-order valence-corrected chi connectivity index (χ4v) is 4.09. The van der Waals surface area contributed by atoms with Crippen LogP contribution in [-0.4, -0.2) is 31.2 Å². The van der Waals surface area contributed by atoms with Gasteiger partial charge in [-0.05, 0) is 67.3 Å². The van der Waals surface area contributed by atoms with Crippen LogP contribution in [0.2, 0.25) is 0 Å². The largest absolute Gasteiger partial charge is 0.450 e. The Hall–Kier alpha value is -2.29. The van der Waals surface area contributed by atoms with Gasteiger partial charge < -0.3 is 9.64 Å². The quantitative estimate of drug-likeness (QED) is 0.750. The number of fused-ring (bicyclic) bond motifs is 2. The van der Waals surface area contributed by atoms with Crippen LogP contribution in [0, 0.1) is 6.92 Å². The summed E-state index contributed by atoms with van der Waals surface area (Å²) in [5.41, 5.74) is 7.28. The van der Waals surface area contributed by atoms with E-state index in [0.717, 1.165) is 32.2 Å². The van der Waals surface area contributed by atoms with Crippen LogP contribution in [0.4, 0.5) is 4.79 Å². The lowest BCUT2D eigenvalue weighted by molar-refractivity contribution is 0.115. The van der Waals surface area contributed by atoms with Gasteiger partial charge in [-0.15, -0.1) is 0 Å². The van der Waals surface area contributed by atoms with Crippen LogP contribution in [0.5, 0.6) is 0 Å². The van der Waals surface area contributed by atoms with E-state index in [1.54, 1.807) is 4.90 Å². The highest BCUT2D eigenvalue weighted by Gasteiger charge is 2.24. The molecule has 0 aliphatic heterocycles. The van der Waals surface area contributed by atoms with Crippen molar-refractivity contribution in [2.75, 3.05) is 20.2 Å². The molecular formula is C23H29NO2. The minimum Gasteiger partial charge on any atom is -0.450 e. The van der Waals surface area contributed by atoms with Crippen LogP contribution >= 0.6 is 0 Å². The third kappa shape index (κ3) is 3.92. The van der Waals surface area contributed by atoms with Crippen LogP contribution < -0.4 is 0 Å². The number of ether oxygens (including phenoxy) is 1. The van der Waals surface area contributed by atoms with E-state index in [4.69, 9.17) is 4.74 Å². The van der Waals surface area contributed by atoms with E-state index >= 15 is 0 Å². The number of amides is 1. The molecule has 0 fully saturated rings. The van der Waals surface area contributed by atoms with Crippen LogP contribution in [0.1, 0.15) is 53.5 Å². The molecule has 1 aliphatic carbocycles. The smallest absolute Gasteiger partial charge is 0.409 e. The van der Waals surface area contributed by atoms with E-state index in [0.29, 0.717) is 12.5 Å². The van der Waals surface area contributed by atoms with Crippen LogP contribution in [-0.2, 0) is 17.6 Å². The molecule has 2 aromatic carbocycles. The fourth-order valence-electron chi connectivity index (χ4n) is 4.09. The Balaban J connectivity index is 1.81. The molecule has 26 heavy (non-hydrogen) atoms. The van der Waals surface area contributed by atoms with Crippen LogP contribution in [0.25, 0.3) is 0 Å². The van der Waals surface area contributed by atoms with E-state index < -0.39 is 0 Å². The van der Waals surface area contributed by atoms with Crippen LogP contribution in [0.3, 0.4) is 0 Å². The summed E-state index contributed by atoms with van der Waals surface area (Å²) >= 11 is 0. The molecule has 1 aliphatic rings. The molecule has 0 aromatic heterocycles. The summed E-state index contributed by atoms with van der Waals surface area (Å²) in [7, 11) is 1.82. The standard InChI is InChI=1S/C23H29NO2/c1-4-26-23(25)24(3)16-8-13-22-20-11-6-5-10-18(20)14-15-19-17(2)9-7-12-21(19)22/h5-7,9-12,22H,4,8,13-16H2,1-3H3. The van der Waals surface area contributed by atoms with E-state index in [9.17, 15) is 4.79 Å². The molecule has 0 saturated heterocycles. The van der Waals surface area contributed by atoms with Crippen molar-refractivity contribution in [2.24, 2.45) is 0 Å². The number of aryl methyl sites for hydroxylation is 2. The van der Waals surface area contributed by atoms with Crippen molar-refractivity contribution in [1.82, 2.24) is 4.90 Å². The molecule has 0 N–H and O–H groups in total. The van der Waals surface area contributed by atoms with Gasteiger partial charge in [-0.25, -0.2) is 4.79 Å². The second-order valence-electron chi connectivity index (χ2n) is 7.16. The maximum Gasteiger partial charge on any atom is 0.409 e. The summed E-state index contributed by atoms with van der Waals surface area (Å²) < 4.78 is 5.08. The maximum absolute atomic E-state index is 11.8. The van der Waals surface area contributed by atoms with Crippen molar-refractivity contribution in [2.45, 2.75) is 45.4 Å². The van der Waals surface area contributed by atoms with Crippen molar-refractivity contribution >= 4 is 6.09 Å². The first kappa shape index (κ1) is 18.5. The molecule has 0 radical (unpaired) electrons. The molecule has 3 rings (SSSR count). The number of hydrogen-bond donors (Lipinski definition) is 0. The first-order valence-corrected chi connectivity index (χ1v) is 9.66. The molecule has 3 nitrogen and oxygen atoms in total. The molecule has 0 spiro atoms. The summed E-state index contributed by atoms with van der Waals surface area (Å²) in [5.74, 6) is 0.402. The number of rotatable bonds is 5. The SMILES string of the molecule is CCOC(=O)N(C)CCCC1c2ccccc2CCc2c(C)cccc21. The lowest BCUT2D eigenvalue weighted by atomic mass is 9.84. The zero-order chi connectivity index (χ0) is 18.5.